The van der Waals surface area contributed by atoms with Crippen molar-refractivity contribution in [1.29, 1.82) is 0 Å². The highest BCUT2D eigenvalue weighted by Crippen LogP contribution is 1.73. The molecular formula is C3H7N3OS. The van der Waals surface area contributed by atoms with E-state index in [-0.39, 0.29) is 10.8 Å². The van der Waals surface area contributed by atoms with Crippen molar-refractivity contribution in [3.8, 4) is 0 Å². The van der Waals surface area contributed by atoms with Crippen LogP contribution in [0.1, 0.15) is 0 Å². The van der Waals surface area contributed by atoms with Crippen LogP contribution >= 0.6 is 12.2 Å². The molecule has 0 radical (unpaired) electrons. The molecule has 0 fully saturated rings. The average molecular weight is 133 g/mol. The summed E-state index contributed by atoms with van der Waals surface area (Å²) in [7, 11) is 0. The first-order chi connectivity index (χ1) is 3.66. The Morgan fingerprint density at radius 2 is 2.12 bits per heavy atom. The first-order valence-electron chi connectivity index (χ1n) is 1.83. The predicted octanol–water partition coefficient (Wildman–Crippen LogP) is -0.949. The average Bonchev–Trinajstić information content (AvgIpc) is 1.65. The van der Waals surface area contributed by atoms with Crippen LogP contribution in [0.4, 0.5) is 0 Å². The molecule has 0 bridgehead atoms. The minimum atomic E-state index is 0.0394. The van der Waals surface area contributed by atoms with Gasteiger partial charge in [0.05, 0.1) is 4.99 Å². The molecule has 0 aromatic rings. The Morgan fingerprint density at radius 3 is 2.25 bits per heavy atom. The quantitative estimate of drug-likeness (QED) is 0.222. The first kappa shape index (κ1) is 7.19. The van der Waals surface area contributed by atoms with E-state index in [4.69, 9.17) is 16.7 Å². The van der Waals surface area contributed by atoms with Crippen LogP contribution in [0.5, 0.6) is 0 Å². The molecule has 0 spiro atoms. The zero-order chi connectivity index (χ0) is 6.57. The zero-order valence-corrected chi connectivity index (χ0v) is 4.90. The van der Waals surface area contributed by atoms with Gasteiger partial charge in [0.1, 0.15) is 5.82 Å². The lowest BCUT2D eigenvalue weighted by molar-refractivity contribution is 0.199. The minimum Gasteiger partial charge on any atom is -0.390 e. The van der Waals surface area contributed by atoms with Crippen LogP contribution in [-0.4, -0.2) is 10.2 Å². The van der Waals surface area contributed by atoms with Crippen molar-refractivity contribution in [3.63, 3.8) is 0 Å². The smallest absolute Gasteiger partial charge is 0.123 e. The van der Waals surface area contributed by atoms with Gasteiger partial charge in [0.15, 0.2) is 0 Å². The molecule has 0 aliphatic heterocycles. The summed E-state index contributed by atoms with van der Waals surface area (Å²) < 4.78 is 0. The molecule has 0 heterocycles. The third kappa shape index (κ3) is 3.38. The van der Waals surface area contributed by atoms with E-state index < -0.39 is 0 Å². The highest BCUT2D eigenvalue weighted by molar-refractivity contribution is 7.80. The maximum absolute atomic E-state index is 8.03. The number of hydroxylamine groups is 1. The summed E-state index contributed by atoms with van der Waals surface area (Å²) >= 11 is 4.41. The molecule has 0 aromatic heterocycles. The second-order valence-electron chi connectivity index (χ2n) is 1.11. The van der Waals surface area contributed by atoms with Crippen molar-refractivity contribution in [2.24, 2.45) is 11.5 Å². The van der Waals surface area contributed by atoms with Crippen molar-refractivity contribution in [1.82, 2.24) is 5.48 Å². The third-order valence-corrected chi connectivity index (χ3v) is 0.545. The van der Waals surface area contributed by atoms with Crippen molar-refractivity contribution in [3.05, 3.63) is 11.9 Å². The maximum Gasteiger partial charge on any atom is 0.123 e. The Balaban J connectivity index is 3.75. The van der Waals surface area contributed by atoms with Crippen LogP contribution in [0.25, 0.3) is 0 Å². The molecule has 5 heteroatoms. The summed E-state index contributed by atoms with van der Waals surface area (Å²) in [5.41, 5.74) is 11.7. The monoisotopic (exact) mass is 133 g/mol. The first-order valence-corrected chi connectivity index (χ1v) is 2.24. The normalized spacial score (nSPS) is 10.9. The number of hydrogen-bond donors (Lipinski definition) is 4. The summed E-state index contributed by atoms with van der Waals surface area (Å²) in [6.07, 6.45) is 1.23. The van der Waals surface area contributed by atoms with Gasteiger partial charge in [-0.15, -0.1) is 0 Å². The molecule has 6 N–H and O–H groups in total. The molecular weight excluding hydrogens is 126 g/mol. The van der Waals surface area contributed by atoms with Gasteiger partial charge in [0.25, 0.3) is 0 Å². The van der Waals surface area contributed by atoms with Gasteiger partial charge in [-0.3, -0.25) is 10.7 Å². The molecule has 0 aliphatic rings. The van der Waals surface area contributed by atoms with Gasteiger partial charge in [-0.25, -0.2) is 0 Å². The number of nitrogens with two attached hydrogens (primary N) is 2. The molecule has 0 unspecified atom stereocenters. The predicted molar refractivity (Wildman–Crippen MR) is 34.0 cm³/mol. The lowest BCUT2D eigenvalue weighted by Gasteiger charge is -1.93. The molecule has 0 atom stereocenters. The van der Waals surface area contributed by atoms with Crippen LogP contribution in [-0.2, 0) is 0 Å². The molecule has 0 aliphatic carbocycles. The number of rotatable bonds is 2. The molecule has 0 amide bonds. The Kier molecular flexibility index (Phi) is 2.90. The summed E-state index contributed by atoms with van der Waals surface area (Å²) in [6, 6.07) is 0. The fourth-order valence-corrected chi connectivity index (χ4v) is 0.313. The molecule has 4 nitrogen and oxygen atoms in total. The third-order valence-electron chi connectivity index (χ3n) is 0.427. The second-order valence-corrected chi connectivity index (χ2v) is 1.59. The van der Waals surface area contributed by atoms with Crippen molar-refractivity contribution in [2.45, 2.75) is 0 Å². The van der Waals surface area contributed by atoms with Gasteiger partial charge >= 0.3 is 0 Å². The van der Waals surface area contributed by atoms with E-state index in [1.807, 2.05) is 0 Å². The zero-order valence-electron chi connectivity index (χ0n) is 4.09. The second kappa shape index (κ2) is 3.23. The van der Waals surface area contributed by atoms with Gasteiger partial charge in [-0.05, 0) is 0 Å². The Labute approximate surface area is 52.1 Å². The summed E-state index contributed by atoms with van der Waals surface area (Å²) in [6.45, 7) is 0. The topological polar surface area (TPSA) is 84.3 Å². The number of hydrogen-bond acceptors (Lipinski definition) is 4. The SMILES string of the molecule is NC(=S)/C=C(/N)NO. The molecule has 8 heavy (non-hydrogen) atoms. The van der Waals surface area contributed by atoms with E-state index >= 15 is 0 Å². The van der Waals surface area contributed by atoms with Crippen LogP contribution in [0.3, 0.4) is 0 Å². The fourth-order valence-electron chi connectivity index (χ4n) is 0.186. The van der Waals surface area contributed by atoms with Crippen LogP contribution in [0, 0.1) is 0 Å². The number of thiocarbonyl (C=S) groups is 1. The molecule has 46 valence electrons. The van der Waals surface area contributed by atoms with Gasteiger partial charge < -0.3 is 11.5 Å². The lowest BCUT2D eigenvalue weighted by atomic mass is 10.6. The molecule has 0 rings (SSSR count). The van der Waals surface area contributed by atoms with Crippen molar-refractivity contribution >= 4 is 17.2 Å². The molecule has 0 saturated carbocycles. The minimum absolute atomic E-state index is 0.0394. The van der Waals surface area contributed by atoms with Crippen molar-refractivity contribution in [2.75, 3.05) is 0 Å². The largest absolute Gasteiger partial charge is 0.390 e. The van der Waals surface area contributed by atoms with Crippen LogP contribution in [0.15, 0.2) is 11.9 Å². The van der Waals surface area contributed by atoms with Crippen LogP contribution < -0.4 is 16.9 Å². The summed E-state index contributed by atoms with van der Waals surface area (Å²) in [5.74, 6) is 0.0394. The van der Waals surface area contributed by atoms with E-state index in [2.05, 4.69) is 12.2 Å². The summed E-state index contributed by atoms with van der Waals surface area (Å²) in [5, 5.41) is 8.03. The molecule has 0 saturated heterocycles. The fraction of sp³-hybridized carbons (Fsp3) is 0. The van der Waals surface area contributed by atoms with Crippen molar-refractivity contribution < 1.29 is 5.21 Å². The van der Waals surface area contributed by atoms with Gasteiger partial charge in [0, 0.05) is 6.08 Å². The molecule has 0 aromatic carbocycles. The Bertz CT molecular complexity index is 122. The van der Waals surface area contributed by atoms with E-state index in [1.54, 1.807) is 5.48 Å². The lowest BCUT2D eigenvalue weighted by Crippen LogP contribution is -2.18. The van der Waals surface area contributed by atoms with Crippen LogP contribution in [0.2, 0.25) is 0 Å². The van der Waals surface area contributed by atoms with E-state index in [1.165, 1.54) is 6.08 Å². The van der Waals surface area contributed by atoms with Gasteiger partial charge in [-0.2, -0.15) is 0 Å². The van der Waals surface area contributed by atoms with Gasteiger partial charge in [0.2, 0.25) is 0 Å². The highest BCUT2D eigenvalue weighted by atomic mass is 32.1. The van der Waals surface area contributed by atoms with E-state index in [0.29, 0.717) is 0 Å². The standard InChI is InChI=1S/C3H7N3OS/c4-2(6-7)1-3(5)8/h1,6-7H,4H2,(H2,5,8)/b2-1-. The van der Waals surface area contributed by atoms with E-state index in [9.17, 15) is 0 Å². The van der Waals surface area contributed by atoms with E-state index in [0.717, 1.165) is 0 Å². The van der Waals surface area contributed by atoms with Gasteiger partial charge in [-0.1, -0.05) is 12.2 Å². The Morgan fingerprint density at radius 1 is 1.62 bits per heavy atom. The summed E-state index contributed by atoms with van der Waals surface area (Å²) in [4.78, 5) is 0.129. The maximum atomic E-state index is 8.03. The number of nitrogens with one attached hydrogen (secondary N) is 1. The highest BCUT2D eigenvalue weighted by Gasteiger charge is 1.82. The Hall–Kier alpha value is -0.810.